The fraction of sp³-hybridized carbons (Fsp3) is 0.0667. The average Bonchev–Trinajstić information content (AvgIpc) is 2.38. The summed E-state index contributed by atoms with van der Waals surface area (Å²) < 4.78 is 12.8. The van der Waals surface area contributed by atoms with Crippen LogP contribution < -0.4 is 0 Å². The summed E-state index contributed by atoms with van der Waals surface area (Å²) in [7, 11) is 0. The summed E-state index contributed by atoms with van der Waals surface area (Å²) in [6, 6.07) is 12.4. The molecule has 0 amide bonds. The number of nitrogens with zero attached hydrogens (tertiary/aromatic N) is 1. The van der Waals surface area contributed by atoms with E-state index in [1.165, 1.54) is 24.3 Å². The number of carbonyl (C=O) groups excluding carboxylic acids is 1. The molecule has 3 heteroatoms. The van der Waals surface area contributed by atoms with Gasteiger partial charge in [-0.05, 0) is 42.8 Å². The van der Waals surface area contributed by atoms with Gasteiger partial charge in [-0.2, -0.15) is 5.26 Å². The molecule has 0 unspecified atom stereocenters. The molecule has 0 aliphatic rings. The molecule has 0 spiro atoms. The van der Waals surface area contributed by atoms with Crippen LogP contribution in [-0.4, -0.2) is 5.78 Å². The Hall–Kier alpha value is -2.47. The van der Waals surface area contributed by atoms with Gasteiger partial charge in [0.25, 0.3) is 0 Å². The minimum Gasteiger partial charge on any atom is -0.289 e. The lowest BCUT2D eigenvalue weighted by Gasteiger charge is -2.05. The van der Waals surface area contributed by atoms with Crippen LogP contribution in [0.25, 0.3) is 0 Å². The molecule has 0 saturated heterocycles. The van der Waals surface area contributed by atoms with Crippen LogP contribution in [-0.2, 0) is 0 Å². The lowest BCUT2D eigenvalue weighted by molar-refractivity contribution is 0.103. The molecule has 0 aromatic heterocycles. The molecule has 0 saturated carbocycles. The van der Waals surface area contributed by atoms with E-state index < -0.39 is 5.82 Å². The fourth-order valence-corrected chi connectivity index (χ4v) is 1.76. The highest BCUT2D eigenvalue weighted by atomic mass is 19.1. The Bertz CT molecular complexity index is 639. The monoisotopic (exact) mass is 239 g/mol. The minimum absolute atomic E-state index is 0.268. The number of halogens is 1. The van der Waals surface area contributed by atoms with E-state index in [-0.39, 0.29) is 5.78 Å². The molecule has 18 heavy (non-hydrogen) atoms. The van der Waals surface area contributed by atoms with Gasteiger partial charge in [-0.25, -0.2) is 4.39 Å². The van der Waals surface area contributed by atoms with E-state index >= 15 is 0 Å². The van der Waals surface area contributed by atoms with Crippen molar-refractivity contribution in [2.45, 2.75) is 6.92 Å². The fourth-order valence-electron chi connectivity index (χ4n) is 1.76. The predicted molar refractivity (Wildman–Crippen MR) is 65.7 cm³/mol. The summed E-state index contributed by atoms with van der Waals surface area (Å²) in [4.78, 5) is 12.2. The maximum absolute atomic E-state index is 12.8. The molecule has 0 N–H and O–H groups in total. The van der Waals surface area contributed by atoms with Gasteiger partial charge < -0.3 is 0 Å². The minimum atomic E-state index is -0.392. The normalized spacial score (nSPS) is 9.83. The molecule has 0 aliphatic heterocycles. The molecule has 2 aromatic rings. The van der Waals surface area contributed by atoms with E-state index in [4.69, 9.17) is 5.26 Å². The second-order valence-electron chi connectivity index (χ2n) is 3.95. The highest BCUT2D eigenvalue weighted by Gasteiger charge is 2.14. The van der Waals surface area contributed by atoms with Crippen LogP contribution in [0.1, 0.15) is 27.0 Å². The Morgan fingerprint density at radius 3 is 2.44 bits per heavy atom. The van der Waals surface area contributed by atoms with Crippen molar-refractivity contribution in [3.05, 3.63) is 70.5 Å². The van der Waals surface area contributed by atoms with Crippen molar-refractivity contribution in [2.75, 3.05) is 0 Å². The number of hydrogen-bond donors (Lipinski definition) is 0. The van der Waals surface area contributed by atoms with E-state index in [0.29, 0.717) is 16.7 Å². The molecule has 2 rings (SSSR count). The van der Waals surface area contributed by atoms with Crippen LogP contribution in [0, 0.1) is 24.1 Å². The number of nitriles is 1. The van der Waals surface area contributed by atoms with E-state index in [0.717, 1.165) is 5.56 Å². The lowest BCUT2D eigenvalue weighted by Crippen LogP contribution is -2.05. The van der Waals surface area contributed by atoms with Crippen LogP contribution in [0.2, 0.25) is 0 Å². The molecule has 0 radical (unpaired) electrons. The largest absolute Gasteiger partial charge is 0.289 e. The van der Waals surface area contributed by atoms with E-state index in [1.54, 1.807) is 25.1 Å². The third-order valence-corrected chi connectivity index (χ3v) is 2.74. The molecule has 0 heterocycles. The van der Waals surface area contributed by atoms with Crippen LogP contribution >= 0.6 is 0 Å². The number of ketones is 1. The van der Waals surface area contributed by atoms with Gasteiger partial charge in [0, 0.05) is 11.1 Å². The molecule has 0 aliphatic carbocycles. The van der Waals surface area contributed by atoms with Gasteiger partial charge in [0.05, 0.1) is 5.56 Å². The quantitative estimate of drug-likeness (QED) is 0.755. The molecule has 0 atom stereocenters. The van der Waals surface area contributed by atoms with Crippen molar-refractivity contribution in [3.63, 3.8) is 0 Å². The van der Waals surface area contributed by atoms with Crippen molar-refractivity contribution in [2.24, 2.45) is 0 Å². The van der Waals surface area contributed by atoms with E-state index in [2.05, 4.69) is 0 Å². The maximum atomic E-state index is 12.8. The zero-order valence-electron chi connectivity index (χ0n) is 9.77. The first-order valence-corrected chi connectivity index (χ1v) is 5.43. The summed E-state index contributed by atoms with van der Waals surface area (Å²) in [6.07, 6.45) is 0. The number of carbonyl (C=O) groups is 1. The first kappa shape index (κ1) is 12.0. The van der Waals surface area contributed by atoms with Crippen molar-refractivity contribution < 1.29 is 9.18 Å². The van der Waals surface area contributed by atoms with Crippen molar-refractivity contribution in [1.82, 2.24) is 0 Å². The van der Waals surface area contributed by atoms with Gasteiger partial charge in [-0.15, -0.1) is 0 Å². The van der Waals surface area contributed by atoms with Gasteiger partial charge >= 0.3 is 0 Å². The van der Waals surface area contributed by atoms with Gasteiger partial charge in [0.15, 0.2) is 5.78 Å². The molecular formula is C15H10FNO. The first-order valence-electron chi connectivity index (χ1n) is 5.43. The van der Waals surface area contributed by atoms with Crippen molar-refractivity contribution in [1.29, 1.82) is 5.26 Å². The Morgan fingerprint density at radius 2 is 1.83 bits per heavy atom. The highest BCUT2D eigenvalue weighted by molar-refractivity contribution is 6.10. The molecule has 2 nitrogen and oxygen atoms in total. The maximum Gasteiger partial charge on any atom is 0.194 e. The Labute approximate surface area is 104 Å². The predicted octanol–water partition coefficient (Wildman–Crippen LogP) is 3.24. The topological polar surface area (TPSA) is 40.9 Å². The van der Waals surface area contributed by atoms with Crippen molar-refractivity contribution in [3.8, 4) is 6.07 Å². The molecule has 2 aromatic carbocycles. The van der Waals surface area contributed by atoms with Gasteiger partial charge in [-0.3, -0.25) is 4.79 Å². The van der Waals surface area contributed by atoms with Crippen LogP contribution in [0.5, 0.6) is 0 Å². The van der Waals surface area contributed by atoms with Crippen molar-refractivity contribution >= 4 is 5.78 Å². The Morgan fingerprint density at radius 1 is 1.17 bits per heavy atom. The van der Waals surface area contributed by atoms with Gasteiger partial charge in [0.1, 0.15) is 11.9 Å². The SMILES string of the molecule is Cc1cccc(C(=O)c2ccc(F)cc2)c1C#N. The molecule has 88 valence electrons. The van der Waals surface area contributed by atoms with Gasteiger partial charge in [-0.1, -0.05) is 12.1 Å². The van der Waals surface area contributed by atoms with Crippen LogP contribution in [0.3, 0.4) is 0 Å². The van der Waals surface area contributed by atoms with Gasteiger partial charge in [0.2, 0.25) is 0 Å². The number of aryl methyl sites for hydroxylation is 1. The highest BCUT2D eigenvalue weighted by Crippen LogP contribution is 2.17. The summed E-state index contributed by atoms with van der Waals surface area (Å²) in [5, 5.41) is 9.08. The van der Waals surface area contributed by atoms with Crippen LogP contribution in [0.15, 0.2) is 42.5 Å². The average molecular weight is 239 g/mol. The van der Waals surface area contributed by atoms with E-state index in [1.807, 2.05) is 6.07 Å². The second-order valence-corrected chi connectivity index (χ2v) is 3.95. The summed E-state index contributed by atoms with van der Waals surface area (Å²) in [6.45, 7) is 1.78. The summed E-state index contributed by atoms with van der Waals surface area (Å²) in [5.41, 5.74) is 1.85. The molecule has 0 bridgehead atoms. The first-order chi connectivity index (χ1) is 8.63. The van der Waals surface area contributed by atoms with E-state index in [9.17, 15) is 9.18 Å². The third-order valence-electron chi connectivity index (χ3n) is 2.74. The zero-order chi connectivity index (χ0) is 13.1. The second kappa shape index (κ2) is 4.80. The smallest absolute Gasteiger partial charge is 0.194 e. The Balaban J connectivity index is 2.50. The lowest BCUT2D eigenvalue weighted by atomic mass is 9.96. The third kappa shape index (κ3) is 2.14. The standard InChI is InChI=1S/C15H10FNO/c1-10-3-2-4-13(14(10)9-17)15(18)11-5-7-12(16)8-6-11/h2-8H,1H3. The molecular weight excluding hydrogens is 229 g/mol. The summed E-state index contributed by atoms with van der Waals surface area (Å²) >= 11 is 0. The zero-order valence-corrected chi connectivity index (χ0v) is 9.77. The number of benzene rings is 2. The molecule has 0 fully saturated rings. The summed E-state index contributed by atoms with van der Waals surface area (Å²) in [5.74, 6) is -0.661. The van der Waals surface area contributed by atoms with Crippen LogP contribution in [0.4, 0.5) is 4.39 Å². The number of hydrogen-bond acceptors (Lipinski definition) is 2. The Kier molecular flexibility index (Phi) is 3.20. The number of rotatable bonds is 2.